The van der Waals surface area contributed by atoms with E-state index < -0.39 is 0 Å². The Kier molecular flexibility index (Phi) is 2.68. The first-order chi connectivity index (χ1) is 7.75. The Hall–Kier alpha value is -0.540. The highest BCUT2D eigenvalue weighted by molar-refractivity contribution is 9.10. The molecule has 0 amide bonds. The van der Waals surface area contributed by atoms with Crippen LogP contribution >= 0.6 is 15.9 Å². The molecule has 1 aromatic carbocycles. The van der Waals surface area contributed by atoms with Gasteiger partial charge in [0.2, 0.25) is 0 Å². The minimum absolute atomic E-state index is 0.366. The van der Waals surface area contributed by atoms with Crippen LogP contribution in [-0.2, 0) is 6.42 Å². The van der Waals surface area contributed by atoms with Crippen LogP contribution in [0.1, 0.15) is 24.8 Å². The van der Waals surface area contributed by atoms with Gasteiger partial charge in [-0.2, -0.15) is 0 Å². The van der Waals surface area contributed by atoms with Crippen LogP contribution in [-0.4, -0.2) is 18.6 Å². The third-order valence-electron chi connectivity index (χ3n) is 3.89. The quantitative estimate of drug-likeness (QED) is 0.792. The molecule has 0 saturated carbocycles. The van der Waals surface area contributed by atoms with E-state index >= 15 is 0 Å². The van der Waals surface area contributed by atoms with Crippen LogP contribution in [0.3, 0.4) is 0 Å². The first kappa shape index (κ1) is 10.6. The number of nitrogens with two attached hydrogens (primary N) is 1. The average molecular weight is 281 g/mol. The summed E-state index contributed by atoms with van der Waals surface area (Å²) in [6, 6.07) is 7.57. The van der Waals surface area contributed by atoms with Gasteiger partial charge in [0.05, 0.1) is 0 Å². The van der Waals surface area contributed by atoms with Crippen LogP contribution in [0, 0.1) is 0 Å². The van der Waals surface area contributed by atoms with Gasteiger partial charge < -0.3 is 10.6 Å². The van der Waals surface area contributed by atoms with Crippen molar-refractivity contribution in [2.45, 2.75) is 37.8 Å². The van der Waals surface area contributed by atoms with E-state index in [9.17, 15) is 0 Å². The third kappa shape index (κ3) is 1.66. The normalized spacial score (nSPS) is 28.5. The van der Waals surface area contributed by atoms with Crippen molar-refractivity contribution in [2.75, 3.05) is 11.4 Å². The molecule has 1 saturated heterocycles. The van der Waals surface area contributed by atoms with Gasteiger partial charge in [-0.15, -0.1) is 0 Å². The molecule has 16 heavy (non-hydrogen) atoms. The second-order valence-corrected chi connectivity index (χ2v) is 5.79. The summed E-state index contributed by atoms with van der Waals surface area (Å²) < 4.78 is 1.19. The van der Waals surface area contributed by atoms with Crippen LogP contribution in [0.25, 0.3) is 0 Å². The van der Waals surface area contributed by atoms with E-state index in [0.717, 1.165) is 0 Å². The maximum Gasteiger partial charge on any atom is 0.0444 e. The molecule has 3 rings (SSSR count). The molecule has 0 aliphatic carbocycles. The summed E-state index contributed by atoms with van der Waals surface area (Å²) in [6.07, 6.45) is 4.80. The summed E-state index contributed by atoms with van der Waals surface area (Å²) in [6.45, 7) is 1.17. The lowest BCUT2D eigenvalue weighted by molar-refractivity contribution is 0.372. The number of nitrogens with zero attached hydrogens (tertiary/aromatic N) is 1. The molecule has 0 aromatic heterocycles. The molecule has 0 radical (unpaired) electrons. The maximum atomic E-state index is 6.23. The van der Waals surface area contributed by atoms with Gasteiger partial charge >= 0.3 is 0 Å². The van der Waals surface area contributed by atoms with Crippen molar-refractivity contribution in [1.82, 2.24) is 0 Å². The van der Waals surface area contributed by atoms with Crippen LogP contribution in [0.5, 0.6) is 0 Å². The van der Waals surface area contributed by atoms with Crippen molar-refractivity contribution in [3.63, 3.8) is 0 Å². The molecule has 1 aromatic rings. The van der Waals surface area contributed by atoms with Gasteiger partial charge in [-0.3, -0.25) is 0 Å². The fourth-order valence-electron chi connectivity index (χ4n) is 3.09. The van der Waals surface area contributed by atoms with Gasteiger partial charge in [-0.25, -0.2) is 0 Å². The smallest absolute Gasteiger partial charge is 0.0444 e. The summed E-state index contributed by atoms with van der Waals surface area (Å²) in [5.41, 5.74) is 9.11. The van der Waals surface area contributed by atoms with E-state index in [0.29, 0.717) is 12.1 Å². The minimum Gasteiger partial charge on any atom is -0.367 e. The Morgan fingerprint density at radius 1 is 1.31 bits per heavy atom. The molecule has 2 aliphatic heterocycles. The first-order valence-electron chi connectivity index (χ1n) is 6.06. The van der Waals surface area contributed by atoms with Gasteiger partial charge in [-0.1, -0.05) is 15.9 Å². The van der Waals surface area contributed by atoms with Gasteiger partial charge in [-0.05, 0) is 49.4 Å². The molecule has 1 fully saturated rings. The zero-order chi connectivity index (χ0) is 11.1. The number of rotatable bonds is 0. The van der Waals surface area contributed by atoms with Crippen molar-refractivity contribution in [1.29, 1.82) is 0 Å². The van der Waals surface area contributed by atoms with E-state index in [-0.39, 0.29) is 0 Å². The topological polar surface area (TPSA) is 29.3 Å². The SMILES string of the molecule is NC1CCCN2c3ccc(Br)cc3CCC12. The Bertz CT molecular complexity index is 405. The highest BCUT2D eigenvalue weighted by atomic mass is 79.9. The van der Waals surface area contributed by atoms with E-state index in [2.05, 4.69) is 39.0 Å². The van der Waals surface area contributed by atoms with Gasteiger partial charge in [0.1, 0.15) is 0 Å². The monoisotopic (exact) mass is 280 g/mol. The summed E-state index contributed by atoms with van der Waals surface area (Å²) in [4.78, 5) is 2.53. The molecule has 0 spiro atoms. The van der Waals surface area contributed by atoms with Gasteiger partial charge in [0.25, 0.3) is 0 Å². The predicted octanol–water partition coefficient (Wildman–Crippen LogP) is 2.69. The Labute approximate surface area is 105 Å². The molecule has 2 unspecified atom stereocenters. The van der Waals surface area contributed by atoms with Crippen molar-refractivity contribution in [2.24, 2.45) is 5.73 Å². The number of piperidine rings is 1. The molecular formula is C13H17BrN2. The second-order valence-electron chi connectivity index (χ2n) is 4.88. The number of hydrogen-bond acceptors (Lipinski definition) is 2. The lowest BCUT2D eigenvalue weighted by Crippen LogP contribution is -2.54. The first-order valence-corrected chi connectivity index (χ1v) is 6.85. The van der Waals surface area contributed by atoms with Crippen LogP contribution < -0.4 is 10.6 Å². The highest BCUT2D eigenvalue weighted by Gasteiger charge is 2.33. The molecule has 2 atom stereocenters. The molecule has 0 bridgehead atoms. The Morgan fingerprint density at radius 3 is 3.06 bits per heavy atom. The molecule has 86 valence electrons. The lowest BCUT2D eigenvalue weighted by Gasteiger charge is -2.45. The molecule has 2 nitrogen and oxygen atoms in total. The van der Waals surface area contributed by atoms with Crippen molar-refractivity contribution in [3.8, 4) is 0 Å². The molecule has 2 heterocycles. The molecule has 3 heteroatoms. The largest absolute Gasteiger partial charge is 0.367 e. The molecule has 2 N–H and O–H groups in total. The Morgan fingerprint density at radius 2 is 2.19 bits per heavy atom. The van der Waals surface area contributed by atoms with E-state index in [1.54, 1.807) is 0 Å². The zero-order valence-corrected chi connectivity index (χ0v) is 10.9. The van der Waals surface area contributed by atoms with Gasteiger partial charge in [0.15, 0.2) is 0 Å². The fraction of sp³-hybridized carbons (Fsp3) is 0.538. The Balaban J connectivity index is 1.99. The van der Waals surface area contributed by atoms with Gasteiger partial charge in [0, 0.05) is 28.8 Å². The maximum absolute atomic E-state index is 6.23. The average Bonchev–Trinajstić information content (AvgIpc) is 2.28. The van der Waals surface area contributed by atoms with E-state index in [4.69, 9.17) is 5.73 Å². The minimum atomic E-state index is 0.366. The summed E-state index contributed by atoms with van der Waals surface area (Å²) in [7, 11) is 0. The third-order valence-corrected chi connectivity index (χ3v) is 4.38. The van der Waals surface area contributed by atoms with Crippen LogP contribution in [0.2, 0.25) is 0 Å². The zero-order valence-electron chi connectivity index (χ0n) is 9.32. The van der Waals surface area contributed by atoms with Crippen molar-refractivity contribution in [3.05, 3.63) is 28.2 Å². The summed E-state index contributed by atoms with van der Waals surface area (Å²) in [5.74, 6) is 0. The lowest BCUT2D eigenvalue weighted by atomic mass is 9.87. The number of aryl methyl sites for hydroxylation is 1. The molecular weight excluding hydrogens is 264 g/mol. The number of benzene rings is 1. The predicted molar refractivity (Wildman–Crippen MR) is 70.8 cm³/mol. The molecule has 2 aliphatic rings. The van der Waals surface area contributed by atoms with Crippen molar-refractivity contribution < 1.29 is 0 Å². The van der Waals surface area contributed by atoms with Crippen LogP contribution in [0.15, 0.2) is 22.7 Å². The van der Waals surface area contributed by atoms with Crippen LogP contribution in [0.4, 0.5) is 5.69 Å². The number of halogens is 1. The summed E-state index contributed by atoms with van der Waals surface area (Å²) in [5, 5.41) is 0. The van der Waals surface area contributed by atoms with E-state index in [1.165, 1.54) is 48.0 Å². The van der Waals surface area contributed by atoms with Crippen molar-refractivity contribution >= 4 is 21.6 Å². The number of anilines is 1. The summed E-state index contributed by atoms with van der Waals surface area (Å²) >= 11 is 3.55. The van der Waals surface area contributed by atoms with E-state index in [1.807, 2.05) is 0 Å². The number of fused-ring (bicyclic) bond motifs is 3. The number of hydrogen-bond donors (Lipinski definition) is 1. The fourth-order valence-corrected chi connectivity index (χ4v) is 3.50. The standard InChI is InChI=1S/C13H17BrN2/c14-10-4-6-12-9(8-10)3-5-13-11(15)2-1-7-16(12)13/h4,6,8,11,13H,1-3,5,7,15H2. The second kappa shape index (κ2) is 4.04. The highest BCUT2D eigenvalue weighted by Crippen LogP contribution is 2.36.